The van der Waals surface area contributed by atoms with E-state index < -0.39 is 0 Å². The first-order valence-electron chi connectivity index (χ1n) is 8.62. The molecule has 5 heteroatoms. The first-order valence-corrected chi connectivity index (χ1v) is 9.70. The molecule has 0 radical (unpaired) electrons. The van der Waals surface area contributed by atoms with Crippen LogP contribution in [-0.2, 0) is 4.79 Å². The van der Waals surface area contributed by atoms with Crippen molar-refractivity contribution >= 4 is 39.9 Å². The van der Waals surface area contributed by atoms with E-state index in [9.17, 15) is 4.79 Å². The van der Waals surface area contributed by atoms with E-state index in [1.54, 1.807) is 0 Å². The van der Waals surface area contributed by atoms with Gasteiger partial charge < -0.3 is 10.2 Å². The Morgan fingerprint density at radius 3 is 2.40 bits per heavy atom. The number of nitrogens with zero attached hydrogens (tertiary/aromatic N) is 2. The zero-order chi connectivity index (χ0) is 17.8. The van der Waals surface area contributed by atoms with Crippen LogP contribution in [0.4, 0.5) is 11.4 Å². The first-order chi connectivity index (χ1) is 12.0. The van der Waals surface area contributed by atoms with Crippen LogP contribution >= 0.6 is 22.6 Å². The van der Waals surface area contributed by atoms with Gasteiger partial charge in [0.05, 0.1) is 6.54 Å². The second kappa shape index (κ2) is 8.19. The molecular formula is C20H24IN3O. The van der Waals surface area contributed by atoms with Gasteiger partial charge in [0.15, 0.2) is 0 Å². The highest BCUT2D eigenvalue weighted by molar-refractivity contribution is 14.1. The minimum atomic E-state index is 0.0568. The first kappa shape index (κ1) is 18.2. The van der Waals surface area contributed by atoms with Crippen molar-refractivity contribution in [3.8, 4) is 0 Å². The Kier molecular flexibility index (Phi) is 5.96. The molecule has 1 fully saturated rings. The van der Waals surface area contributed by atoms with Crippen LogP contribution in [0.1, 0.15) is 11.1 Å². The zero-order valence-corrected chi connectivity index (χ0v) is 16.9. The third-order valence-electron chi connectivity index (χ3n) is 4.78. The summed E-state index contributed by atoms with van der Waals surface area (Å²) in [4.78, 5) is 16.9. The number of piperazine rings is 1. The number of amides is 1. The van der Waals surface area contributed by atoms with Gasteiger partial charge in [0.2, 0.25) is 5.91 Å². The number of anilines is 2. The fourth-order valence-corrected chi connectivity index (χ4v) is 3.52. The maximum absolute atomic E-state index is 12.2. The van der Waals surface area contributed by atoms with Gasteiger partial charge in [-0.2, -0.15) is 0 Å². The highest BCUT2D eigenvalue weighted by Gasteiger charge is 2.20. The minimum Gasteiger partial charge on any atom is -0.369 e. The van der Waals surface area contributed by atoms with E-state index in [0.29, 0.717) is 6.54 Å². The molecule has 25 heavy (non-hydrogen) atoms. The van der Waals surface area contributed by atoms with Crippen molar-refractivity contribution in [3.63, 3.8) is 0 Å². The topological polar surface area (TPSA) is 35.6 Å². The van der Waals surface area contributed by atoms with E-state index in [1.807, 2.05) is 24.3 Å². The molecular weight excluding hydrogens is 425 g/mol. The van der Waals surface area contributed by atoms with E-state index in [1.165, 1.54) is 16.8 Å². The van der Waals surface area contributed by atoms with Gasteiger partial charge in [-0.3, -0.25) is 9.69 Å². The highest BCUT2D eigenvalue weighted by atomic mass is 127. The van der Waals surface area contributed by atoms with E-state index >= 15 is 0 Å². The summed E-state index contributed by atoms with van der Waals surface area (Å²) in [5.41, 5.74) is 4.87. The number of carbonyl (C=O) groups excluding carboxylic acids is 1. The molecule has 0 unspecified atom stereocenters. The molecule has 0 spiro atoms. The summed E-state index contributed by atoms with van der Waals surface area (Å²) in [5, 5.41) is 2.98. The number of benzene rings is 2. The maximum Gasteiger partial charge on any atom is 0.238 e. The molecule has 0 bridgehead atoms. The third kappa shape index (κ3) is 4.73. The van der Waals surface area contributed by atoms with Crippen LogP contribution in [0.5, 0.6) is 0 Å². The summed E-state index contributed by atoms with van der Waals surface area (Å²) < 4.78 is 1.16. The van der Waals surface area contributed by atoms with Crippen LogP contribution in [-0.4, -0.2) is 43.5 Å². The van der Waals surface area contributed by atoms with Crippen molar-refractivity contribution in [2.24, 2.45) is 0 Å². The third-order valence-corrected chi connectivity index (χ3v) is 5.50. The summed E-state index contributed by atoms with van der Waals surface area (Å²) in [6.45, 7) is 8.53. The molecule has 2 aromatic carbocycles. The van der Waals surface area contributed by atoms with Crippen molar-refractivity contribution in [2.45, 2.75) is 13.8 Å². The number of carbonyl (C=O) groups is 1. The molecule has 1 aliphatic heterocycles. The lowest BCUT2D eigenvalue weighted by atomic mass is 10.1. The molecule has 1 amide bonds. The van der Waals surface area contributed by atoms with Gasteiger partial charge in [0.25, 0.3) is 0 Å². The van der Waals surface area contributed by atoms with Gasteiger partial charge in [-0.1, -0.05) is 12.1 Å². The minimum absolute atomic E-state index is 0.0568. The fourth-order valence-electron chi connectivity index (χ4n) is 3.16. The second-order valence-electron chi connectivity index (χ2n) is 6.54. The molecule has 2 aromatic rings. The summed E-state index contributed by atoms with van der Waals surface area (Å²) in [6.07, 6.45) is 0. The lowest BCUT2D eigenvalue weighted by Crippen LogP contribution is -2.48. The van der Waals surface area contributed by atoms with Crippen molar-refractivity contribution in [1.82, 2.24) is 4.90 Å². The second-order valence-corrected chi connectivity index (χ2v) is 7.78. The van der Waals surface area contributed by atoms with Crippen LogP contribution < -0.4 is 10.2 Å². The average molecular weight is 449 g/mol. The summed E-state index contributed by atoms with van der Waals surface area (Å²) in [7, 11) is 0. The van der Waals surface area contributed by atoms with E-state index in [2.05, 4.69) is 69.8 Å². The van der Waals surface area contributed by atoms with Crippen molar-refractivity contribution in [2.75, 3.05) is 42.9 Å². The van der Waals surface area contributed by atoms with Crippen LogP contribution in [0.3, 0.4) is 0 Å². The van der Waals surface area contributed by atoms with Gasteiger partial charge >= 0.3 is 0 Å². The van der Waals surface area contributed by atoms with E-state index in [4.69, 9.17) is 0 Å². The Balaban J connectivity index is 1.51. The van der Waals surface area contributed by atoms with E-state index in [0.717, 1.165) is 35.4 Å². The molecule has 1 heterocycles. The largest absolute Gasteiger partial charge is 0.369 e. The van der Waals surface area contributed by atoms with Gasteiger partial charge in [-0.25, -0.2) is 0 Å². The normalized spacial score (nSPS) is 15.2. The number of nitrogens with one attached hydrogen (secondary N) is 1. The Morgan fingerprint density at radius 2 is 1.72 bits per heavy atom. The highest BCUT2D eigenvalue weighted by Crippen LogP contribution is 2.23. The van der Waals surface area contributed by atoms with Crippen LogP contribution in [0, 0.1) is 17.4 Å². The van der Waals surface area contributed by atoms with Gasteiger partial charge in [-0.05, 0) is 77.9 Å². The number of rotatable bonds is 4. The molecule has 3 rings (SSSR count). The number of hydrogen-bond acceptors (Lipinski definition) is 3. The van der Waals surface area contributed by atoms with Crippen LogP contribution in [0.25, 0.3) is 0 Å². The predicted molar refractivity (Wildman–Crippen MR) is 112 cm³/mol. The number of aryl methyl sites for hydroxylation is 1. The summed E-state index contributed by atoms with van der Waals surface area (Å²) in [6, 6.07) is 14.4. The van der Waals surface area contributed by atoms with Gasteiger partial charge in [-0.15, -0.1) is 0 Å². The molecule has 0 atom stereocenters. The monoisotopic (exact) mass is 449 g/mol. The lowest BCUT2D eigenvalue weighted by molar-refractivity contribution is -0.117. The molecule has 0 aliphatic carbocycles. The Morgan fingerprint density at radius 1 is 1.04 bits per heavy atom. The molecule has 0 saturated carbocycles. The van der Waals surface area contributed by atoms with Crippen LogP contribution in [0.15, 0.2) is 42.5 Å². The molecule has 0 aromatic heterocycles. The lowest BCUT2D eigenvalue weighted by Gasteiger charge is -2.36. The van der Waals surface area contributed by atoms with Gasteiger partial charge in [0, 0.05) is 41.1 Å². The molecule has 4 nitrogen and oxygen atoms in total. The standard InChI is InChI=1S/C20H24IN3O/c1-15-4-3-5-19(16(15)2)24-12-10-23(11-13-24)14-20(25)22-18-8-6-17(21)7-9-18/h3-9H,10-14H2,1-2H3,(H,22,25). The number of halogens is 1. The SMILES string of the molecule is Cc1cccc(N2CCN(CC(=O)Nc3ccc(I)cc3)CC2)c1C. The molecule has 1 saturated heterocycles. The quantitative estimate of drug-likeness (QED) is 0.724. The van der Waals surface area contributed by atoms with Gasteiger partial charge in [0.1, 0.15) is 0 Å². The molecule has 132 valence electrons. The Hall–Kier alpha value is -1.60. The summed E-state index contributed by atoms with van der Waals surface area (Å²) in [5.74, 6) is 0.0568. The van der Waals surface area contributed by atoms with E-state index in [-0.39, 0.29) is 5.91 Å². The Labute approximate surface area is 163 Å². The fraction of sp³-hybridized carbons (Fsp3) is 0.350. The van der Waals surface area contributed by atoms with Crippen molar-refractivity contribution in [3.05, 3.63) is 57.2 Å². The zero-order valence-electron chi connectivity index (χ0n) is 14.8. The summed E-state index contributed by atoms with van der Waals surface area (Å²) >= 11 is 2.26. The average Bonchev–Trinajstić information content (AvgIpc) is 2.60. The van der Waals surface area contributed by atoms with Crippen LogP contribution in [0.2, 0.25) is 0 Å². The Bertz CT molecular complexity index is 737. The predicted octanol–water partition coefficient (Wildman–Crippen LogP) is 3.67. The number of hydrogen-bond donors (Lipinski definition) is 1. The molecule has 1 N–H and O–H groups in total. The smallest absolute Gasteiger partial charge is 0.238 e. The molecule has 1 aliphatic rings. The van der Waals surface area contributed by atoms with Crippen molar-refractivity contribution in [1.29, 1.82) is 0 Å². The maximum atomic E-state index is 12.2. The van der Waals surface area contributed by atoms with Crippen molar-refractivity contribution < 1.29 is 4.79 Å².